The van der Waals surface area contributed by atoms with Crippen LogP contribution in [0.2, 0.25) is 0 Å². The Hall–Kier alpha value is -1.36. The number of piperidine rings is 1. The van der Waals surface area contributed by atoms with Gasteiger partial charge < -0.3 is 14.7 Å². The summed E-state index contributed by atoms with van der Waals surface area (Å²) in [5, 5.41) is 9.38. The molecule has 94 valence electrons. The van der Waals surface area contributed by atoms with E-state index in [1.165, 1.54) is 13.2 Å². The first kappa shape index (κ1) is 12.1. The van der Waals surface area contributed by atoms with E-state index in [9.17, 15) is 13.9 Å². The molecule has 17 heavy (non-hydrogen) atoms. The van der Waals surface area contributed by atoms with Crippen molar-refractivity contribution in [1.29, 1.82) is 0 Å². The fourth-order valence-electron chi connectivity index (χ4n) is 2.01. The molecule has 0 spiro atoms. The largest absolute Gasteiger partial charge is 0.497 e. The van der Waals surface area contributed by atoms with Crippen LogP contribution in [0.25, 0.3) is 0 Å². The van der Waals surface area contributed by atoms with Gasteiger partial charge in [-0.3, -0.25) is 0 Å². The third-order valence-corrected chi connectivity index (χ3v) is 3.02. The van der Waals surface area contributed by atoms with Gasteiger partial charge in [0.25, 0.3) is 0 Å². The molecule has 1 heterocycles. The average Bonchev–Trinajstić information content (AvgIpc) is 2.34. The zero-order chi connectivity index (χ0) is 12.4. The molecule has 2 rings (SSSR count). The first-order valence-corrected chi connectivity index (χ1v) is 5.58. The zero-order valence-corrected chi connectivity index (χ0v) is 9.62. The molecule has 0 unspecified atom stereocenters. The van der Waals surface area contributed by atoms with Gasteiger partial charge in [0.1, 0.15) is 5.75 Å². The van der Waals surface area contributed by atoms with Gasteiger partial charge in [0.15, 0.2) is 11.6 Å². The normalized spacial score (nSPS) is 17.3. The lowest BCUT2D eigenvalue weighted by molar-refractivity contribution is 0.145. The van der Waals surface area contributed by atoms with E-state index >= 15 is 0 Å². The van der Waals surface area contributed by atoms with E-state index in [0.717, 1.165) is 6.07 Å². The highest BCUT2D eigenvalue weighted by Crippen LogP contribution is 2.29. The second kappa shape index (κ2) is 4.87. The molecule has 0 amide bonds. The number of nitrogens with zero attached hydrogens (tertiary/aromatic N) is 1. The van der Waals surface area contributed by atoms with Crippen molar-refractivity contribution in [2.24, 2.45) is 0 Å². The van der Waals surface area contributed by atoms with E-state index < -0.39 is 11.6 Å². The van der Waals surface area contributed by atoms with Crippen LogP contribution in [-0.2, 0) is 0 Å². The molecular formula is C12H15F2NO2. The molecule has 1 N–H and O–H groups in total. The van der Waals surface area contributed by atoms with E-state index in [-0.39, 0.29) is 11.8 Å². The zero-order valence-electron chi connectivity index (χ0n) is 9.62. The molecule has 5 heteroatoms. The Morgan fingerprint density at radius 3 is 2.53 bits per heavy atom. The van der Waals surface area contributed by atoms with Crippen LogP contribution < -0.4 is 9.64 Å². The molecule has 1 aromatic carbocycles. The molecule has 1 aliphatic heterocycles. The van der Waals surface area contributed by atoms with Crippen molar-refractivity contribution in [2.45, 2.75) is 18.9 Å². The highest BCUT2D eigenvalue weighted by atomic mass is 19.2. The predicted octanol–water partition coefficient (Wildman–Crippen LogP) is 1.93. The Bertz CT molecular complexity index is 404. The second-order valence-electron chi connectivity index (χ2n) is 4.16. The number of hydrogen-bond donors (Lipinski definition) is 1. The van der Waals surface area contributed by atoms with Crippen LogP contribution in [0.15, 0.2) is 12.1 Å². The van der Waals surface area contributed by atoms with E-state index in [0.29, 0.717) is 31.7 Å². The minimum absolute atomic E-state index is 0.203. The summed E-state index contributed by atoms with van der Waals surface area (Å²) in [5.41, 5.74) is 0.203. The summed E-state index contributed by atoms with van der Waals surface area (Å²) < 4.78 is 31.9. The number of ether oxygens (including phenoxy) is 1. The molecule has 0 radical (unpaired) electrons. The third-order valence-electron chi connectivity index (χ3n) is 3.02. The third kappa shape index (κ3) is 2.49. The molecule has 0 bridgehead atoms. The molecule has 0 atom stereocenters. The fourth-order valence-corrected chi connectivity index (χ4v) is 2.01. The Kier molecular flexibility index (Phi) is 3.47. The second-order valence-corrected chi connectivity index (χ2v) is 4.16. The molecule has 0 aromatic heterocycles. The Balaban J connectivity index is 2.27. The molecule has 0 aliphatic carbocycles. The number of methoxy groups -OCH3 is 1. The molecule has 1 aliphatic rings. The molecule has 1 fully saturated rings. The maximum absolute atomic E-state index is 13.7. The van der Waals surface area contributed by atoms with Crippen LogP contribution in [0.4, 0.5) is 14.5 Å². The Labute approximate surface area is 98.6 Å². The van der Waals surface area contributed by atoms with Gasteiger partial charge in [-0.1, -0.05) is 0 Å². The molecule has 1 aromatic rings. The number of anilines is 1. The lowest BCUT2D eigenvalue weighted by atomic mass is 10.1. The molecular weight excluding hydrogens is 228 g/mol. The number of rotatable bonds is 2. The van der Waals surface area contributed by atoms with E-state index in [1.54, 1.807) is 4.90 Å². The fraction of sp³-hybridized carbons (Fsp3) is 0.500. The molecule has 3 nitrogen and oxygen atoms in total. The van der Waals surface area contributed by atoms with Crippen LogP contribution in [0.1, 0.15) is 12.8 Å². The van der Waals surface area contributed by atoms with Crippen LogP contribution in [0.5, 0.6) is 5.75 Å². The monoisotopic (exact) mass is 243 g/mol. The van der Waals surface area contributed by atoms with Crippen molar-refractivity contribution in [3.8, 4) is 5.75 Å². The summed E-state index contributed by atoms with van der Waals surface area (Å²) in [5.74, 6) is -1.47. The highest BCUT2D eigenvalue weighted by Gasteiger charge is 2.22. The van der Waals surface area contributed by atoms with Crippen molar-refractivity contribution in [2.75, 3.05) is 25.1 Å². The van der Waals surface area contributed by atoms with Gasteiger partial charge in [0.2, 0.25) is 0 Å². The van der Waals surface area contributed by atoms with Crippen molar-refractivity contribution in [1.82, 2.24) is 0 Å². The molecule has 0 saturated carbocycles. The van der Waals surface area contributed by atoms with Gasteiger partial charge in [-0.15, -0.1) is 0 Å². The summed E-state index contributed by atoms with van der Waals surface area (Å²) in [7, 11) is 1.41. The maximum Gasteiger partial charge on any atom is 0.182 e. The van der Waals surface area contributed by atoms with Crippen LogP contribution in [-0.4, -0.2) is 31.4 Å². The number of aliphatic hydroxyl groups excluding tert-OH is 1. The van der Waals surface area contributed by atoms with Crippen LogP contribution in [0, 0.1) is 11.6 Å². The summed E-state index contributed by atoms with van der Waals surface area (Å²) in [4.78, 5) is 1.73. The smallest absolute Gasteiger partial charge is 0.182 e. The number of benzene rings is 1. The van der Waals surface area contributed by atoms with Crippen molar-refractivity contribution >= 4 is 5.69 Å². The summed E-state index contributed by atoms with van der Waals surface area (Å²) >= 11 is 0. The maximum atomic E-state index is 13.7. The van der Waals surface area contributed by atoms with Crippen LogP contribution >= 0.6 is 0 Å². The highest BCUT2D eigenvalue weighted by molar-refractivity contribution is 5.53. The first-order chi connectivity index (χ1) is 8.11. The molecule has 1 saturated heterocycles. The number of aliphatic hydroxyl groups is 1. The van der Waals surface area contributed by atoms with Crippen molar-refractivity contribution in [3.63, 3.8) is 0 Å². The predicted molar refractivity (Wildman–Crippen MR) is 60.4 cm³/mol. The van der Waals surface area contributed by atoms with E-state index in [2.05, 4.69) is 0 Å². The minimum Gasteiger partial charge on any atom is -0.497 e. The van der Waals surface area contributed by atoms with Crippen molar-refractivity contribution in [3.05, 3.63) is 23.8 Å². The summed E-state index contributed by atoms with van der Waals surface area (Å²) in [6.07, 6.45) is 0.793. The Morgan fingerprint density at radius 2 is 1.94 bits per heavy atom. The lowest BCUT2D eigenvalue weighted by Gasteiger charge is -2.31. The minimum atomic E-state index is -0.912. The number of halogens is 2. The van der Waals surface area contributed by atoms with Gasteiger partial charge in [0, 0.05) is 25.2 Å². The van der Waals surface area contributed by atoms with Gasteiger partial charge in [-0.2, -0.15) is 0 Å². The summed E-state index contributed by atoms with van der Waals surface area (Å²) in [6.45, 7) is 1.04. The standard InChI is InChI=1S/C12H15F2NO2/c1-17-9-6-10(13)12(14)11(7-9)15-4-2-8(16)3-5-15/h6-8,16H,2-5H2,1H3. The topological polar surface area (TPSA) is 32.7 Å². The quantitative estimate of drug-likeness (QED) is 0.861. The number of hydrogen-bond acceptors (Lipinski definition) is 3. The van der Waals surface area contributed by atoms with E-state index in [4.69, 9.17) is 4.74 Å². The SMILES string of the molecule is COc1cc(F)c(F)c(N2CCC(O)CC2)c1. The van der Waals surface area contributed by atoms with Crippen molar-refractivity contribution < 1.29 is 18.6 Å². The lowest BCUT2D eigenvalue weighted by Crippen LogP contribution is -2.36. The van der Waals surface area contributed by atoms with Gasteiger partial charge in [-0.25, -0.2) is 8.78 Å². The first-order valence-electron chi connectivity index (χ1n) is 5.58. The van der Waals surface area contributed by atoms with Gasteiger partial charge in [0.05, 0.1) is 18.9 Å². The van der Waals surface area contributed by atoms with Gasteiger partial charge >= 0.3 is 0 Å². The average molecular weight is 243 g/mol. The van der Waals surface area contributed by atoms with Crippen LogP contribution in [0.3, 0.4) is 0 Å². The summed E-state index contributed by atoms with van der Waals surface area (Å²) in [6, 6.07) is 2.51. The van der Waals surface area contributed by atoms with Gasteiger partial charge in [-0.05, 0) is 12.8 Å². The van der Waals surface area contributed by atoms with E-state index in [1.807, 2.05) is 0 Å². The Morgan fingerprint density at radius 1 is 1.29 bits per heavy atom.